The highest BCUT2D eigenvalue weighted by molar-refractivity contribution is 6.03. The average Bonchev–Trinajstić information content (AvgIpc) is 2.92. The molecule has 1 heterocycles. The van der Waals surface area contributed by atoms with E-state index in [1.54, 1.807) is 30.3 Å². The maximum absolute atomic E-state index is 13.9. The molecule has 0 aromatic heterocycles. The Kier molecular flexibility index (Phi) is 4.20. The van der Waals surface area contributed by atoms with Crippen LogP contribution in [0.25, 0.3) is 0 Å². The smallest absolute Gasteiger partial charge is 0.229 e. The highest BCUT2D eigenvalue weighted by Crippen LogP contribution is 2.29. The Morgan fingerprint density at radius 3 is 2.75 bits per heavy atom. The number of rotatable bonds is 3. The molecule has 1 aliphatic rings. The largest absolute Gasteiger partial charge is 0.506 e. The van der Waals surface area contributed by atoms with Gasteiger partial charge in [-0.25, -0.2) is 4.39 Å². The van der Waals surface area contributed by atoms with Crippen LogP contribution in [0.2, 0.25) is 0 Å². The SMILES string of the molecule is Cc1ccc(NC(=O)C2CC(=O)N(c3ccccc3F)C2)c(O)c1. The van der Waals surface area contributed by atoms with Crippen molar-refractivity contribution in [2.75, 3.05) is 16.8 Å². The van der Waals surface area contributed by atoms with Crippen molar-refractivity contribution in [3.63, 3.8) is 0 Å². The van der Waals surface area contributed by atoms with Crippen LogP contribution in [-0.2, 0) is 9.59 Å². The molecule has 0 spiro atoms. The summed E-state index contributed by atoms with van der Waals surface area (Å²) >= 11 is 0. The van der Waals surface area contributed by atoms with Crippen LogP contribution in [0.4, 0.5) is 15.8 Å². The molecule has 24 heavy (non-hydrogen) atoms. The fourth-order valence-corrected chi connectivity index (χ4v) is 2.77. The number of halogens is 1. The van der Waals surface area contributed by atoms with E-state index in [0.29, 0.717) is 5.69 Å². The second-order valence-corrected chi connectivity index (χ2v) is 5.87. The normalized spacial score (nSPS) is 17.2. The van der Waals surface area contributed by atoms with E-state index >= 15 is 0 Å². The molecule has 1 atom stereocenters. The summed E-state index contributed by atoms with van der Waals surface area (Å²) in [5.74, 6) is -1.80. The fraction of sp³-hybridized carbons (Fsp3) is 0.222. The number of anilines is 2. The van der Waals surface area contributed by atoms with Gasteiger partial charge in [-0.2, -0.15) is 0 Å². The molecular formula is C18H17FN2O3. The number of phenols is 1. The first kappa shape index (κ1) is 16.0. The Labute approximate surface area is 138 Å². The number of nitrogens with one attached hydrogen (secondary N) is 1. The van der Waals surface area contributed by atoms with Crippen molar-refractivity contribution in [2.24, 2.45) is 5.92 Å². The van der Waals surface area contributed by atoms with E-state index in [9.17, 15) is 19.1 Å². The molecule has 1 saturated heterocycles. The number of phenolic OH excluding ortho intramolecular Hbond substituents is 1. The number of hydrogen-bond acceptors (Lipinski definition) is 3. The van der Waals surface area contributed by atoms with Gasteiger partial charge in [0.1, 0.15) is 11.6 Å². The van der Waals surface area contributed by atoms with Gasteiger partial charge in [0.25, 0.3) is 0 Å². The Hall–Kier alpha value is -2.89. The second kappa shape index (κ2) is 6.31. The Bertz CT molecular complexity index is 807. The number of amides is 2. The molecule has 2 aromatic carbocycles. The lowest BCUT2D eigenvalue weighted by Crippen LogP contribution is -2.28. The predicted molar refractivity (Wildman–Crippen MR) is 88.3 cm³/mol. The van der Waals surface area contributed by atoms with Gasteiger partial charge in [0.2, 0.25) is 11.8 Å². The molecule has 5 nitrogen and oxygen atoms in total. The van der Waals surface area contributed by atoms with Crippen molar-refractivity contribution in [2.45, 2.75) is 13.3 Å². The Balaban J connectivity index is 1.73. The monoisotopic (exact) mass is 328 g/mol. The third-order valence-electron chi connectivity index (χ3n) is 4.05. The van der Waals surface area contributed by atoms with Gasteiger partial charge in [-0.05, 0) is 36.8 Å². The Morgan fingerprint density at radius 1 is 1.29 bits per heavy atom. The van der Waals surface area contributed by atoms with Crippen LogP contribution in [0.3, 0.4) is 0 Å². The van der Waals surface area contributed by atoms with Crippen molar-refractivity contribution in [1.82, 2.24) is 0 Å². The second-order valence-electron chi connectivity index (χ2n) is 5.87. The van der Waals surface area contributed by atoms with Crippen LogP contribution in [-0.4, -0.2) is 23.5 Å². The third kappa shape index (κ3) is 3.08. The molecule has 0 radical (unpaired) electrons. The first-order valence-electron chi connectivity index (χ1n) is 7.61. The van der Waals surface area contributed by atoms with Crippen molar-refractivity contribution < 1.29 is 19.1 Å². The molecule has 2 amide bonds. The van der Waals surface area contributed by atoms with E-state index in [-0.39, 0.29) is 36.2 Å². The van der Waals surface area contributed by atoms with Crippen molar-refractivity contribution >= 4 is 23.2 Å². The van der Waals surface area contributed by atoms with Crippen LogP contribution in [0.15, 0.2) is 42.5 Å². The predicted octanol–water partition coefficient (Wildman–Crippen LogP) is 2.83. The van der Waals surface area contributed by atoms with Gasteiger partial charge < -0.3 is 15.3 Å². The van der Waals surface area contributed by atoms with Gasteiger partial charge in [0, 0.05) is 13.0 Å². The maximum Gasteiger partial charge on any atom is 0.229 e. The van der Waals surface area contributed by atoms with Gasteiger partial charge in [-0.15, -0.1) is 0 Å². The van der Waals surface area contributed by atoms with Crippen LogP contribution in [0, 0.1) is 18.7 Å². The van der Waals surface area contributed by atoms with E-state index < -0.39 is 11.7 Å². The number of carbonyl (C=O) groups excluding carboxylic acids is 2. The highest BCUT2D eigenvalue weighted by atomic mass is 19.1. The van der Waals surface area contributed by atoms with Gasteiger partial charge in [-0.1, -0.05) is 18.2 Å². The summed E-state index contributed by atoms with van der Waals surface area (Å²) in [6.07, 6.45) is 0.00674. The summed E-state index contributed by atoms with van der Waals surface area (Å²) in [7, 11) is 0. The molecule has 0 bridgehead atoms. The van der Waals surface area contributed by atoms with Crippen molar-refractivity contribution in [3.05, 3.63) is 53.8 Å². The molecule has 1 unspecified atom stereocenters. The zero-order valence-electron chi connectivity index (χ0n) is 13.1. The van der Waals surface area contributed by atoms with Gasteiger partial charge >= 0.3 is 0 Å². The van der Waals surface area contributed by atoms with Crippen LogP contribution < -0.4 is 10.2 Å². The number of nitrogens with zero attached hydrogens (tertiary/aromatic N) is 1. The molecule has 6 heteroatoms. The standard InChI is InChI=1S/C18H17FN2O3/c1-11-6-7-14(16(22)8-11)20-18(24)12-9-17(23)21(10-12)15-5-3-2-4-13(15)19/h2-8,12,22H,9-10H2,1H3,(H,20,24). The molecule has 3 rings (SSSR count). The van der Waals surface area contributed by atoms with Crippen LogP contribution >= 0.6 is 0 Å². The minimum Gasteiger partial charge on any atom is -0.506 e. The van der Waals surface area contributed by atoms with E-state index in [0.717, 1.165) is 5.56 Å². The molecule has 124 valence electrons. The molecule has 0 aliphatic carbocycles. The topological polar surface area (TPSA) is 69.6 Å². The minimum absolute atomic E-state index is 0.00674. The molecule has 2 aromatic rings. The van der Waals surface area contributed by atoms with E-state index in [1.807, 2.05) is 6.92 Å². The quantitative estimate of drug-likeness (QED) is 0.851. The van der Waals surface area contributed by atoms with Crippen molar-refractivity contribution in [3.8, 4) is 5.75 Å². The summed E-state index contributed by atoms with van der Waals surface area (Å²) in [5.41, 5.74) is 1.34. The Morgan fingerprint density at radius 2 is 2.04 bits per heavy atom. The van der Waals surface area contributed by atoms with E-state index in [4.69, 9.17) is 0 Å². The molecule has 0 saturated carbocycles. The summed E-state index contributed by atoms with van der Waals surface area (Å²) in [5, 5.41) is 12.5. The number of aryl methyl sites for hydroxylation is 1. The van der Waals surface area contributed by atoms with E-state index in [2.05, 4.69) is 5.32 Å². The van der Waals surface area contributed by atoms with Crippen molar-refractivity contribution in [1.29, 1.82) is 0 Å². The highest BCUT2D eigenvalue weighted by Gasteiger charge is 2.36. The van der Waals surface area contributed by atoms with Crippen LogP contribution in [0.1, 0.15) is 12.0 Å². The lowest BCUT2D eigenvalue weighted by atomic mass is 10.1. The van der Waals surface area contributed by atoms with Gasteiger partial charge in [-0.3, -0.25) is 9.59 Å². The van der Waals surface area contributed by atoms with Gasteiger partial charge in [0.15, 0.2) is 0 Å². The zero-order valence-corrected chi connectivity index (χ0v) is 13.1. The average molecular weight is 328 g/mol. The fourth-order valence-electron chi connectivity index (χ4n) is 2.77. The lowest BCUT2D eigenvalue weighted by Gasteiger charge is -2.17. The minimum atomic E-state index is -0.599. The number of benzene rings is 2. The van der Waals surface area contributed by atoms with Crippen LogP contribution in [0.5, 0.6) is 5.75 Å². The van der Waals surface area contributed by atoms with E-state index in [1.165, 1.54) is 17.0 Å². The number of carbonyl (C=O) groups is 2. The maximum atomic E-state index is 13.9. The zero-order chi connectivity index (χ0) is 17.3. The summed E-state index contributed by atoms with van der Waals surface area (Å²) in [6, 6.07) is 10.9. The molecule has 1 fully saturated rings. The lowest BCUT2D eigenvalue weighted by molar-refractivity contribution is -0.122. The molecule has 1 aliphatic heterocycles. The summed E-state index contributed by atoms with van der Waals surface area (Å²) in [4.78, 5) is 25.8. The third-order valence-corrected chi connectivity index (χ3v) is 4.05. The summed E-state index contributed by atoms with van der Waals surface area (Å²) < 4.78 is 13.9. The number of hydrogen-bond donors (Lipinski definition) is 2. The number of aromatic hydroxyl groups is 1. The summed E-state index contributed by atoms with van der Waals surface area (Å²) in [6.45, 7) is 1.94. The molecular weight excluding hydrogens is 311 g/mol. The molecule has 2 N–H and O–H groups in total. The number of para-hydroxylation sites is 1. The first-order valence-corrected chi connectivity index (χ1v) is 7.61. The van der Waals surface area contributed by atoms with Gasteiger partial charge in [0.05, 0.1) is 17.3 Å². The first-order chi connectivity index (χ1) is 11.5.